The van der Waals surface area contributed by atoms with Crippen LogP contribution in [-0.2, 0) is 9.47 Å². The lowest BCUT2D eigenvalue weighted by Crippen LogP contribution is -2.46. The highest BCUT2D eigenvalue weighted by Gasteiger charge is 2.34. The third-order valence-corrected chi connectivity index (χ3v) is 2.86. The van der Waals surface area contributed by atoms with E-state index in [2.05, 4.69) is 4.90 Å². The van der Waals surface area contributed by atoms with E-state index in [0.29, 0.717) is 6.61 Å². The third kappa shape index (κ3) is 2.24. The van der Waals surface area contributed by atoms with Crippen molar-refractivity contribution in [1.29, 1.82) is 0 Å². The van der Waals surface area contributed by atoms with Crippen LogP contribution in [0, 0.1) is 0 Å². The first-order valence-electron chi connectivity index (χ1n) is 5.13. The molecule has 5 nitrogen and oxygen atoms in total. The Morgan fingerprint density at radius 2 is 2.07 bits per heavy atom. The number of hydrogen-bond donors (Lipinski definition) is 2. The van der Waals surface area contributed by atoms with Gasteiger partial charge in [-0.2, -0.15) is 0 Å². The van der Waals surface area contributed by atoms with Crippen molar-refractivity contribution in [3.63, 3.8) is 0 Å². The molecule has 0 unspecified atom stereocenters. The maximum atomic E-state index is 9.68. The Morgan fingerprint density at radius 1 is 1.36 bits per heavy atom. The lowest BCUT2D eigenvalue weighted by atomic mass is 10.1. The van der Waals surface area contributed by atoms with Crippen molar-refractivity contribution in [3.8, 4) is 0 Å². The first kappa shape index (κ1) is 10.3. The fourth-order valence-corrected chi connectivity index (χ4v) is 1.91. The minimum Gasteiger partial charge on any atom is -0.389 e. The summed E-state index contributed by atoms with van der Waals surface area (Å²) in [7, 11) is 0. The molecule has 3 N–H and O–H groups in total. The van der Waals surface area contributed by atoms with Crippen LogP contribution < -0.4 is 5.73 Å². The molecule has 3 atom stereocenters. The van der Waals surface area contributed by atoms with Crippen molar-refractivity contribution < 1.29 is 14.6 Å². The zero-order valence-corrected chi connectivity index (χ0v) is 8.26. The predicted molar refractivity (Wildman–Crippen MR) is 51.0 cm³/mol. The number of hydrogen-bond acceptors (Lipinski definition) is 5. The molecule has 14 heavy (non-hydrogen) atoms. The van der Waals surface area contributed by atoms with E-state index in [1.54, 1.807) is 0 Å². The number of nitrogens with zero attached hydrogens (tertiary/aromatic N) is 1. The molecule has 0 radical (unpaired) electrons. The topological polar surface area (TPSA) is 68.0 Å². The van der Waals surface area contributed by atoms with Gasteiger partial charge in [0, 0.05) is 19.6 Å². The van der Waals surface area contributed by atoms with Gasteiger partial charge in [0.2, 0.25) is 0 Å². The Bertz CT molecular complexity index is 185. The van der Waals surface area contributed by atoms with E-state index in [1.165, 1.54) is 0 Å². The highest BCUT2D eigenvalue weighted by Crippen LogP contribution is 2.14. The van der Waals surface area contributed by atoms with Crippen LogP contribution >= 0.6 is 0 Å². The van der Waals surface area contributed by atoms with Crippen molar-refractivity contribution in [2.45, 2.75) is 18.2 Å². The van der Waals surface area contributed by atoms with Crippen molar-refractivity contribution in [1.82, 2.24) is 4.90 Å². The molecule has 2 rings (SSSR count). The minimum absolute atomic E-state index is 0.122. The highest BCUT2D eigenvalue weighted by molar-refractivity contribution is 4.88. The predicted octanol–water partition coefficient (Wildman–Crippen LogP) is -1.59. The van der Waals surface area contributed by atoms with E-state index in [4.69, 9.17) is 15.2 Å². The summed E-state index contributed by atoms with van der Waals surface area (Å²) in [5.74, 6) is 0. The number of morpholine rings is 1. The van der Waals surface area contributed by atoms with Gasteiger partial charge in [-0.3, -0.25) is 4.90 Å². The van der Waals surface area contributed by atoms with Gasteiger partial charge in [-0.1, -0.05) is 0 Å². The molecule has 2 saturated heterocycles. The fraction of sp³-hybridized carbons (Fsp3) is 1.00. The summed E-state index contributed by atoms with van der Waals surface area (Å²) in [4.78, 5) is 2.25. The SMILES string of the molecule is N[C@H]1CO[C@@H](CN2CCOCC2)[C@@H]1O. The van der Waals surface area contributed by atoms with E-state index in [1.807, 2.05) is 0 Å². The standard InChI is InChI=1S/C9H18N2O3/c10-7-6-14-8(9(7)12)5-11-1-3-13-4-2-11/h7-9,12H,1-6,10H2/t7-,8-,9+/m0/s1. The van der Waals surface area contributed by atoms with Crippen LogP contribution in [-0.4, -0.2) is 67.7 Å². The van der Waals surface area contributed by atoms with E-state index < -0.39 is 6.10 Å². The first-order chi connectivity index (χ1) is 6.77. The van der Waals surface area contributed by atoms with E-state index in [-0.39, 0.29) is 12.1 Å². The van der Waals surface area contributed by atoms with Crippen LogP contribution in [0.5, 0.6) is 0 Å². The quantitative estimate of drug-likeness (QED) is 0.565. The minimum atomic E-state index is -0.516. The Balaban J connectivity index is 1.79. The number of aliphatic hydroxyl groups excluding tert-OH is 1. The van der Waals surface area contributed by atoms with E-state index in [9.17, 15) is 5.11 Å². The zero-order valence-electron chi connectivity index (χ0n) is 8.26. The molecule has 2 aliphatic rings. The monoisotopic (exact) mass is 202 g/mol. The van der Waals surface area contributed by atoms with Gasteiger partial charge in [-0.15, -0.1) is 0 Å². The van der Waals surface area contributed by atoms with Gasteiger partial charge in [0.15, 0.2) is 0 Å². The molecule has 2 heterocycles. The summed E-state index contributed by atoms with van der Waals surface area (Å²) in [6.45, 7) is 4.61. The summed E-state index contributed by atoms with van der Waals surface area (Å²) in [6, 6.07) is -0.221. The van der Waals surface area contributed by atoms with Crippen molar-refractivity contribution in [3.05, 3.63) is 0 Å². The third-order valence-electron chi connectivity index (χ3n) is 2.86. The van der Waals surface area contributed by atoms with Gasteiger partial charge in [0.1, 0.15) is 0 Å². The van der Waals surface area contributed by atoms with Gasteiger partial charge >= 0.3 is 0 Å². The lowest BCUT2D eigenvalue weighted by Gasteiger charge is -2.29. The molecule has 0 amide bonds. The molecule has 0 aromatic rings. The van der Waals surface area contributed by atoms with Crippen LogP contribution in [0.4, 0.5) is 0 Å². The Hall–Kier alpha value is -0.200. The van der Waals surface area contributed by atoms with Gasteiger partial charge < -0.3 is 20.3 Å². The van der Waals surface area contributed by atoms with Gasteiger partial charge in [0.05, 0.1) is 38.1 Å². The smallest absolute Gasteiger partial charge is 0.0987 e. The summed E-state index contributed by atoms with van der Waals surface area (Å²) < 4.78 is 10.7. The van der Waals surface area contributed by atoms with Crippen LogP contribution in [0.25, 0.3) is 0 Å². The van der Waals surface area contributed by atoms with Gasteiger partial charge in [-0.25, -0.2) is 0 Å². The zero-order chi connectivity index (χ0) is 9.97. The molecule has 5 heteroatoms. The molecular formula is C9H18N2O3. The second kappa shape index (κ2) is 4.55. The van der Waals surface area contributed by atoms with Crippen LogP contribution in [0.1, 0.15) is 0 Å². The maximum Gasteiger partial charge on any atom is 0.0987 e. The van der Waals surface area contributed by atoms with E-state index in [0.717, 1.165) is 32.8 Å². The van der Waals surface area contributed by atoms with Gasteiger partial charge in [-0.05, 0) is 0 Å². The largest absolute Gasteiger partial charge is 0.389 e. The molecule has 0 aliphatic carbocycles. The molecule has 0 aromatic carbocycles. The second-order valence-electron chi connectivity index (χ2n) is 3.94. The van der Waals surface area contributed by atoms with Crippen LogP contribution in [0.3, 0.4) is 0 Å². The maximum absolute atomic E-state index is 9.68. The van der Waals surface area contributed by atoms with E-state index >= 15 is 0 Å². The number of rotatable bonds is 2. The fourth-order valence-electron chi connectivity index (χ4n) is 1.91. The molecule has 2 aliphatic heterocycles. The normalized spacial score (nSPS) is 40.3. The molecule has 0 bridgehead atoms. The van der Waals surface area contributed by atoms with Gasteiger partial charge in [0.25, 0.3) is 0 Å². The molecular weight excluding hydrogens is 184 g/mol. The highest BCUT2D eigenvalue weighted by atomic mass is 16.5. The molecule has 82 valence electrons. The van der Waals surface area contributed by atoms with Crippen molar-refractivity contribution >= 4 is 0 Å². The molecule has 2 fully saturated rings. The average Bonchev–Trinajstić information content (AvgIpc) is 2.52. The summed E-state index contributed by atoms with van der Waals surface area (Å²) in [5, 5.41) is 9.68. The number of nitrogens with two attached hydrogens (primary N) is 1. The number of aliphatic hydroxyl groups is 1. The molecule has 0 aromatic heterocycles. The number of ether oxygens (including phenoxy) is 2. The van der Waals surface area contributed by atoms with Crippen molar-refractivity contribution in [2.75, 3.05) is 39.5 Å². The second-order valence-corrected chi connectivity index (χ2v) is 3.94. The first-order valence-corrected chi connectivity index (χ1v) is 5.13. The molecule has 0 spiro atoms. The summed E-state index contributed by atoms with van der Waals surface area (Å²) in [6.07, 6.45) is -0.638. The lowest BCUT2D eigenvalue weighted by molar-refractivity contribution is -0.0178. The van der Waals surface area contributed by atoms with Crippen molar-refractivity contribution in [2.24, 2.45) is 5.73 Å². The summed E-state index contributed by atoms with van der Waals surface area (Å²) >= 11 is 0. The Kier molecular flexibility index (Phi) is 3.35. The van der Waals surface area contributed by atoms with Crippen LogP contribution in [0.2, 0.25) is 0 Å². The average molecular weight is 202 g/mol. The molecule has 0 saturated carbocycles. The Morgan fingerprint density at radius 3 is 2.64 bits per heavy atom. The Labute approximate surface area is 83.8 Å². The van der Waals surface area contributed by atoms with Crippen LogP contribution in [0.15, 0.2) is 0 Å². The summed E-state index contributed by atoms with van der Waals surface area (Å²) in [5.41, 5.74) is 5.66.